The summed E-state index contributed by atoms with van der Waals surface area (Å²) in [6.45, 7) is 0.332. The number of hydrogen-bond donors (Lipinski definition) is 2. The van der Waals surface area contributed by atoms with Gasteiger partial charge in [-0.1, -0.05) is 18.2 Å². The van der Waals surface area contributed by atoms with Crippen LogP contribution in [0.25, 0.3) is 0 Å². The lowest BCUT2D eigenvalue weighted by Crippen LogP contribution is -2.19. The van der Waals surface area contributed by atoms with E-state index in [1.807, 2.05) is 17.5 Å². The fourth-order valence-corrected chi connectivity index (χ4v) is 2.70. The molecule has 0 aliphatic rings. The minimum atomic E-state index is -0.769. The van der Waals surface area contributed by atoms with Gasteiger partial charge in [-0.15, -0.1) is 11.3 Å². The minimum absolute atomic E-state index is 0.184. The Morgan fingerprint density at radius 1 is 1.29 bits per heavy atom. The normalized spacial score (nSPS) is 14.5. The quantitative estimate of drug-likeness (QED) is 0.877. The van der Waals surface area contributed by atoms with Crippen LogP contribution < -0.4 is 5.73 Å². The number of hydrogen-bond acceptors (Lipinski definition) is 3. The van der Waals surface area contributed by atoms with E-state index in [2.05, 4.69) is 0 Å². The molecule has 0 aliphatic carbocycles. The Balaban J connectivity index is 2.26. The van der Waals surface area contributed by atoms with Crippen molar-refractivity contribution in [3.05, 3.63) is 58.0 Å². The lowest BCUT2D eigenvalue weighted by molar-refractivity contribution is 0.148. The van der Waals surface area contributed by atoms with E-state index in [1.165, 1.54) is 12.1 Å². The molecule has 0 saturated heterocycles. The molecule has 3 N–H and O–H groups in total. The van der Waals surface area contributed by atoms with Crippen LogP contribution in [-0.4, -0.2) is 11.7 Å². The lowest BCUT2D eigenvalue weighted by Gasteiger charge is -2.20. The third kappa shape index (κ3) is 2.72. The highest BCUT2D eigenvalue weighted by atomic mass is 32.1. The highest BCUT2D eigenvalue weighted by Crippen LogP contribution is 2.32. The Morgan fingerprint density at radius 3 is 2.71 bits per heavy atom. The number of benzene rings is 1. The fourth-order valence-electron chi connectivity index (χ4n) is 1.83. The number of aliphatic hydroxyl groups excluding tert-OH is 1. The molecule has 1 aromatic carbocycles. The smallest absolute Gasteiger partial charge is 0.123 e. The largest absolute Gasteiger partial charge is 0.388 e. The molecule has 0 fully saturated rings. The maximum Gasteiger partial charge on any atom is 0.123 e. The summed E-state index contributed by atoms with van der Waals surface area (Å²) in [7, 11) is 0. The molecule has 4 heteroatoms. The zero-order valence-corrected chi connectivity index (χ0v) is 10.0. The summed E-state index contributed by atoms with van der Waals surface area (Å²) in [5.74, 6) is -0.527. The second-order valence-electron chi connectivity index (χ2n) is 3.86. The molecule has 2 rings (SSSR count). The van der Waals surface area contributed by atoms with Crippen LogP contribution in [0.1, 0.15) is 22.5 Å². The van der Waals surface area contributed by atoms with Crippen LogP contribution in [0.2, 0.25) is 0 Å². The maximum absolute atomic E-state index is 13.1. The molecule has 0 radical (unpaired) electrons. The van der Waals surface area contributed by atoms with Crippen LogP contribution in [-0.2, 0) is 0 Å². The summed E-state index contributed by atoms with van der Waals surface area (Å²) in [6, 6.07) is 9.87. The van der Waals surface area contributed by atoms with Gasteiger partial charge in [-0.3, -0.25) is 0 Å². The predicted molar refractivity (Wildman–Crippen MR) is 67.5 cm³/mol. The van der Waals surface area contributed by atoms with Crippen LogP contribution in [0.3, 0.4) is 0 Å². The third-order valence-electron chi connectivity index (χ3n) is 2.73. The van der Waals surface area contributed by atoms with E-state index >= 15 is 0 Å². The predicted octanol–water partition coefficient (Wildman–Crippen LogP) is 2.66. The molecule has 1 aromatic heterocycles. The Bertz CT molecular complexity index is 472. The van der Waals surface area contributed by atoms with Gasteiger partial charge in [0.2, 0.25) is 0 Å². The molecular weight excluding hydrogens is 237 g/mol. The second-order valence-corrected chi connectivity index (χ2v) is 4.84. The van der Waals surface area contributed by atoms with E-state index < -0.39 is 6.10 Å². The van der Waals surface area contributed by atoms with E-state index in [0.29, 0.717) is 12.1 Å². The average Bonchev–Trinajstić information content (AvgIpc) is 2.83. The van der Waals surface area contributed by atoms with Gasteiger partial charge in [0.25, 0.3) is 0 Å². The summed E-state index contributed by atoms with van der Waals surface area (Å²) in [6.07, 6.45) is -0.769. The van der Waals surface area contributed by atoms with Gasteiger partial charge in [0.15, 0.2) is 0 Å². The lowest BCUT2D eigenvalue weighted by atomic mass is 9.94. The summed E-state index contributed by atoms with van der Waals surface area (Å²) in [5, 5.41) is 12.2. The van der Waals surface area contributed by atoms with Crippen molar-refractivity contribution in [2.24, 2.45) is 5.73 Å². The van der Waals surface area contributed by atoms with Crippen LogP contribution in [0.4, 0.5) is 4.39 Å². The van der Waals surface area contributed by atoms with Crippen molar-refractivity contribution < 1.29 is 9.50 Å². The van der Waals surface area contributed by atoms with Crippen LogP contribution in [0.15, 0.2) is 41.8 Å². The fraction of sp³-hybridized carbons (Fsp3) is 0.231. The molecule has 2 aromatic rings. The van der Waals surface area contributed by atoms with Crippen molar-refractivity contribution >= 4 is 11.3 Å². The molecule has 1 heterocycles. The van der Waals surface area contributed by atoms with E-state index in [-0.39, 0.29) is 11.7 Å². The van der Waals surface area contributed by atoms with Crippen molar-refractivity contribution in [1.82, 2.24) is 0 Å². The third-order valence-corrected chi connectivity index (χ3v) is 3.74. The number of rotatable bonds is 4. The van der Waals surface area contributed by atoms with Crippen molar-refractivity contribution in [2.45, 2.75) is 12.0 Å². The molecule has 0 aliphatic heterocycles. The highest BCUT2D eigenvalue weighted by Gasteiger charge is 2.22. The Labute approximate surface area is 104 Å². The monoisotopic (exact) mass is 251 g/mol. The van der Waals surface area contributed by atoms with E-state index in [9.17, 15) is 9.50 Å². The van der Waals surface area contributed by atoms with Crippen molar-refractivity contribution in [2.75, 3.05) is 6.54 Å². The van der Waals surface area contributed by atoms with Gasteiger partial charge >= 0.3 is 0 Å². The maximum atomic E-state index is 13.1. The van der Waals surface area contributed by atoms with Gasteiger partial charge in [0.05, 0.1) is 6.10 Å². The zero-order chi connectivity index (χ0) is 12.3. The Kier molecular flexibility index (Phi) is 3.89. The second kappa shape index (κ2) is 5.40. The van der Waals surface area contributed by atoms with Gasteiger partial charge in [0.1, 0.15) is 5.82 Å². The first-order valence-corrected chi connectivity index (χ1v) is 6.27. The van der Waals surface area contributed by atoms with Crippen molar-refractivity contribution in [1.29, 1.82) is 0 Å². The molecule has 90 valence electrons. The Morgan fingerprint density at radius 2 is 2.12 bits per heavy atom. The number of nitrogens with two attached hydrogens (primary N) is 1. The molecule has 2 atom stereocenters. The molecule has 0 bridgehead atoms. The van der Waals surface area contributed by atoms with Gasteiger partial charge in [0, 0.05) is 17.3 Å². The van der Waals surface area contributed by atoms with E-state index in [1.54, 1.807) is 23.5 Å². The van der Waals surface area contributed by atoms with Crippen molar-refractivity contribution in [3.63, 3.8) is 0 Å². The molecule has 17 heavy (non-hydrogen) atoms. The number of aliphatic hydroxyl groups is 1. The SMILES string of the molecule is NCC(c1cccs1)C(O)c1cccc(F)c1. The Hall–Kier alpha value is -1.23. The number of thiophene rings is 1. The van der Waals surface area contributed by atoms with E-state index in [0.717, 1.165) is 4.88 Å². The molecule has 2 unspecified atom stereocenters. The van der Waals surface area contributed by atoms with Gasteiger partial charge in [-0.25, -0.2) is 4.39 Å². The number of halogens is 1. The standard InChI is InChI=1S/C13H14FNOS/c14-10-4-1-3-9(7-10)13(16)11(8-15)12-5-2-6-17-12/h1-7,11,13,16H,8,15H2. The topological polar surface area (TPSA) is 46.2 Å². The average molecular weight is 251 g/mol. The first-order valence-electron chi connectivity index (χ1n) is 5.39. The van der Waals surface area contributed by atoms with Gasteiger partial charge in [-0.2, -0.15) is 0 Å². The summed E-state index contributed by atoms with van der Waals surface area (Å²) < 4.78 is 13.1. The van der Waals surface area contributed by atoms with E-state index in [4.69, 9.17) is 5.73 Å². The van der Waals surface area contributed by atoms with Gasteiger partial charge < -0.3 is 10.8 Å². The molecule has 0 spiro atoms. The summed E-state index contributed by atoms with van der Waals surface area (Å²) in [4.78, 5) is 1.02. The van der Waals surface area contributed by atoms with Crippen LogP contribution in [0, 0.1) is 5.82 Å². The van der Waals surface area contributed by atoms with Gasteiger partial charge in [-0.05, 0) is 29.1 Å². The van der Waals surface area contributed by atoms with Crippen LogP contribution in [0.5, 0.6) is 0 Å². The van der Waals surface area contributed by atoms with Crippen LogP contribution >= 0.6 is 11.3 Å². The molecule has 0 amide bonds. The first kappa shape index (κ1) is 12.2. The van der Waals surface area contributed by atoms with Crippen molar-refractivity contribution in [3.8, 4) is 0 Å². The molecule has 2 nitrogen and oxygen atoms in total. The first-order chi connectivity index (χ1) is 8.22. The summed E-state index contributed by atoms with van der Waals surface area (Å²) in [5.41, 5.74) is 6.26. The highest BCUT2D eigenvalue weighted by molar-refractivity contribution is 7.10. The molecular formula is C13H14FNOS. The molecule has 0 saturated carbocycles. The zero-order valence-electron chi connectivity index (χ0n) is 9.21. The minimum Gasteiger partial charge on any atom is -0.388 e. The summed E-state index contributed by atoms with van der Waals surface area (Å²) >= 11 is 1.55.